The summed E-state index contributed by atoms with van der Waals surface area (Å²) in [5.41, 5.74) is 5.78. The SMILES string of the molecule is Cc1cnc(NC(C=NCC(=O)O)=CN)nc1NCc1c(F)ccc(F)c1F. The third kappa shape index (κ3) is 5.43. The van der Waals surface area contributed by atoms with E-state index in [1.807, 2.05) is 0 Å². The predicted molar refractivity (Wildman–Crippen MR) is 97.3 cm³/mol. The van der Waals surface area contributed by atoms with Crippen molar-refractivity contribution in [1.82, 2.24) is 9.97 Å². The third-order valence-electron chi connectivity index (χ3n) is 3.44. The Balaban J connectivity index is 2.14. The number of aromatic nitrogens is 2. The number of carboxylic acid groups (broad SMARTS) is 1. The Labute approximate surface area is 158 Å². The summed E-state index contributed by atoms with van der Waals surface area (Å²) < 4.78 is 40.8. The number of nitrogens with zero attached hydrogens (tertiary/aromatic N) is 3. The molecule has 0 amide bonds. The lowest BCUT2D eigenvalue weighted by molar-refractivity contribution is -0.135. The molecule has 2 aromatic rings. The molecule has 0 fully saturated rings. The van der Waals surface area contributed by atoms with E-state index in [1.54, 1.807) is 6.92 Å². The van der Waals surface area contributed by atoms with E-state index in [9.17, 15) is 18.0 Å². The van der Waals surface area contributed by atoms with Crippen LogP contribution < -0.4 is 16.4 Å². The molecule has 0 bridgehead atoms. The van der Waals surface area contributed by atoms with Crippen LogP contribution >= 0.6 is 0 Å². The molecule has 8 nitrogen and oxygen atoms in total. The first-order valence-corrected chi connectivity index (χ1v) is 7.92. The third-order valence-corrected chi connectivity index (χ3v) is 3.44. The van der Waals surface area contributed by atoms with Crippen LogP contribution in [-0.4, -0.2) is 33.8 Å². The fourth-order valence-electron chi connectivity index (χ4n) is 2.05. The van der Waals surface area contributed by atoms with Crippen LogP contribution in [0.2, 0.25) is 0 Å². The van der Waals surface area contributed by atoms with Crippen molar-refractivity contribution in [2.45, 2.75) is 13.5 Å². The Kier molecular flexibility index (Phi) is 6.90. The number of aryl methyl sites for hydroxylation is 1. The summed E-state index contributed by atoms with van der Waals surface area (Å²) in [4.78, 5) is 22.3. The van der Waals surface area contributed by atoms with E-state index < -0.39 is 35.5 Å². The summed E-state index contributed by atoms with van der Waals surface area (Å²) >= 11 is 0. The van der Waals surface area contributed by atoms with Gasteiger partial charge in [0.15, 0.2) is 11.6 Å². The van der Waals surface area contributed by atoms with Gasteiger partial charge in [-0.15, -0.1) is 0 Å². The Bertz CT molecular complexity index is 933. The molecule has 0 saturated carbocycles. The van der Waals surface area contributed by atoms with Crippen molar-refractivity contribution >= 4 is 24.0 Å². The lowest BCUT2D eigenvalue weighted by Crippen LogP contribution is -2.12. The van der Waals surface area contributed by atoms with Crippen LogP contribution in [0, 0.1) is 24.4 Å². The molecule has 1 heterocycles. The van der Waals surface area contributed by atoms with Crippen LogP contribution in [0.5, 0.6) is 0 Å². The monoisotopic (exact) mass is 394 g/mol. The fraction of sp³-hybridized carbons (Fsp3) is 0.176. The Morgan fingerprint density at radius 3 is 2.71 bits per heavy atom. The van der Waals surface area contributed by atoms with Crippen molar-refractivity contribution in [3.05, 3.63) is 58.8 Å². The lowest BCUT2D eigenvalue weighted by Gasteiger charge is -2.12. The van der Waals surface area contributed by atoms with Gasteiger partial charge in [0.25, 0.3) is 0 Å². The number of halogens is 3. The summed E-state index contributed by atoms with van der Waals surface area (Å²) in [6.45, 7) is 0.885. The highest BCUT2D eigenvalue weighted by molar-refractivity contribution is 5.84. The summed E-state index contributed by atoms with van der Waals surface area (Å²) in [6.07, 6.45) is 3.78. The van der Waals surface area contributed by atoms with E-state index in [2.05, 4.69) is 25.6 Å². The van der Waals surface area contributed by atoms with Crippen molar-refractivity contribution in [2.24, 2.45) is 10.7 Å². The number of anilines is 2. The second kappa shape index (κ2) is 9.35. The van der Waals surface area contributed by atoms with Crippen molar-refractivity contribution in [1.29, 1.82) is 0 Å². The van der Waals surface area contributed by atoms with Gasteiger partial charge < -0.3 is 21.5 Å². The zero-order valence-electron chi connectivity index (χ0n) is 14.7. The number of hydrogen-bond acceptors (Lipinski definition) is 7. The predicted octanol–water partition coefficient (Wildman–Crippen LogP) is 2.18. The van der Waals surface area contributed by atoms with Crippen LogP contribution in [0.1, 0.15) is 11.1 Å². The molecular weight excluding hydrogens is 377 g/mol. The summed E-state index contributed by atoms with van der Waals surface area (Å²) in [5, 5.41) is 14.0. The fourth-order valence-corrected chi connectivity index (χ4v) is 2.05. The molecule has 0 saturated heterocycles. The maximum absolute atomic E-state index is 13.8. The normalized spacial score (nSPS) is 11.6. The first kappa shape index (κ1) is 20.7. The number of allylic oxidation sites excluding steroid dienone is 1. The van der Waals surface area contributed by atoms with Crippen LogP contribution in [0.3, 0.4) is 0 Å². The molecule has 11 heteroatoms. The number of hydrogen-bond donors (Lipinski definition) is 4. The molecule has 0 aliphatic rings. The second-order valence-electron chi connectivity index (χ2n) is 5.51. The van der Waals surface area contributed by atoms with Gasteiger partial charge in [-0.3, -0.25) is 9.79 Å². The molecule has 1 aromatic carbocycles. The molecule has 5 N–H and O–H groups in total. The molecular formula is C17H17F3N6O2. The van der Waals surface area contributed by atoms with Crippen LogP contribution in [0.4, 0.5) is 24.9 Å². The van der Waals surface area contributed by atoms with Crippen molar-refractivity contribution in [3.8, 4) is 0 Å². The molecule has 2 rings (SSSR count). The van der Waals surface area contributed by atoms with Gasteiger partial charge in [0, 0.05) is 36.3 Å². The van der Waals surface area contributed by atoms with Crippen molar-refractivity contribution < 1.29 is 23.1 Å². The molecule has 1 aromatic heterocycles. The molecule has 0 atom stereocenters. The molecule has 0 unspecified atom stereocenters. The van der Waals surface area contributed by atoms with Crippen LogP contribution in [0.15, 0.2) is 35.2 Å². The van der Waals surface area contributed by atoms with Gasteiger partial charge >= 0.3 is 5.97 Å². The second-order valence-corrected chi connectivity index (χ2v) is 5.51. The highest BCUT2D eigenvalue weighted by atomic mass is 19.2. The number of carbonyl (C=O) groups is 1. The maximum Gasteiger partial charge on any atom is 0.325 e. The van der Waals surface area contributed by atoms with Crippen LogP contribution in [-0.2, 0) is 11.3 Å². The number of rotatable bonds is 8. The van der Waals surface area contributed by atoms with Crippen molar-refractivity contribution in [3.63, 3.8) is 0 Å². The highest BCUT2D eigenvalue weighted by Gasteiger charge is 2.14. The number of nitrogens with two attached hydrogens (primary N) is 1. The molecule has 148 valence electrons. The van der Waals surface area contributed by atoms with Crippen molar-refractivity contribution in [2.75, 3.05) is 17.2 Å². The minimum atomic E-state index is -1.28. The summed E-state index contributed by atoms with van der Waals surface area (Å²) in [7, 11) is 0. The van der Waals surface area contributed by atoms with E-state index in [0.717, 1.165) is 12.3 Å². The zero-order valence-corrected chi connectivity index (χ0v) is 14.7. The lowest BCUT2D eigenvalue weighted by atomic mass is 10.2. The van der Waals surface area contributed by atoms with E-state index in [4.69, 9.17) is 10.8 Å². The number of aliphatic carboxylic acids is 1. The maximum atomic E-state index is 13.8. The van der Waals surface area contributed by atoms with Gasteiger partial charge in [-0.2, -0.15) is 4.98 Å². The van der Waals surface area contributed by atoms with Crippen LogP contribution in [0.25, 0.3) is 0 Å². The van der Waals surface area contributed by atoms with Gasteiger partial charge in [0.1, 0.15) is 18.2 Å². The minimum absolute atomic E-state index is 0.0757. The number of carboxylic acids is 1. The number of benzene rings is 1. The van der Waals surface area contributed by atoms with Gasteiger partial charge in [-0.1, -0.05) is 0 Å². The van der Waals surface area contributed by atoms with E-state index in [1.165, 1.54) is 12.4 Å². The molecule has 0 aliphatic carbocycles. The largest absolute Gasteiger partial charge is 0.480 e. The molecule has 0 radical (unpaired) electrons. The molecule has 28 heavy (non-hydrogen) atoms. The first-order chi connectivity index (χ1) is 13.3. The Morgan fingerprint density at radius 2 is 2.04 bits per heavy atom. The minimum Gasteiger partial charge on any atom is -0.480 e. The summed E-state index contributed by atoms with van der Waals surface area (Å²) in [5.74, 6) is -4.10. The van der Waals surface area contributed by atoms with E-state index in [-0.39, 0.29) is 24.0 Å². The number of nitrogens with one attached hydrogen (secondary N) is 2. The molecule has 0 aliphatic heterocycles. The first-order valence-electron chi connectivity index (χ1n) is 7.92. The topological polar surface area (TPSA) is 126 Å². The Morgan fingerprint density at radius 1 is 1.32 bits per heavy atom. The van der Waals surface area contributed by atoms with Gasteiger partial charge in [0.2, 0.25) is 5.95 Å². The average molecular weight is 394 g/mol. The smallest absolute Gasteiger partial charge is 0.325 e. The standard InChI is InChI=1S/C17H17F3N6O2/c1-9-5-24-17(25-10(4-21)6-22-8-14(27)28)26-16(9)23-7-11-12(18)2-3-13(19)15(11)20/h2-6H,7-8,21H2,1H3,(H,27,28)(H2,23,24,25,26). The summed E-state index contributed by atoms with van der Waals surface area (Å²) in [6, 6.07) is 1.54. The van der Waals surface area contributed by atoms with E-state index in [0.29, 0.717) is 11.6 Å². The van der Waals surface area contributed by atoms with Gasteiger partial charge in [-0.25, -0.2) is 18.2 Å². The molecule has 0 spiro atoms. The highest BCUT2D eigenvalue weighted by Crippen LogP contribution is 2.19. The number of aliphatic imine (C=N–C) groups is 1. The Hall–Kier alpha value is -3.63. The average Bonchev–Trinajstić information content (AvgIpc) is 2.66. The van der Waals surface area contributed by atoms with Gasteiger partial charge in [-0.05, 0) is 19.1 Å². The van der Waals surface area contributed by atoms with Gasteiger partial charge in [0.05, 0.1) is 5.70 Å². The zero-order chi connectivity index (χ0) is 20.7. The quantitative estimate of drug-likeness (QED) is 0.399. The van der Waals surface area contributed by atoms with E-state index >= 15 is 0 Å².